The molecule has 0 aliphatic carbocycles. The van der Waals surface area contributed by atoms with Crippen molar-refractivity contribution in [3.05, 3.63) is 34.9 Å². The van der Waals surface area contributed by atoms with E-state index >= 15 is 0 Å². The molecular formula is C14H19ClO2. The number of halogens is 1. The first-order chi connectivity index (χ1) is 8.08. The van der Waals surface area contributed by atoms with E-state index in [1.807, 2.05) is 32.9 Å². The van der Waals surface area contributed by atoms with Crippen molar-refractivity contribution in [1.82, 2.24) is 0 Å². The number of alkyl halides is 1. The first-order valence-electron chi connectivity index (χ1n) is 5.89. The van der Waals surface area contributed by atoms with Gasteiger partial charge >= 0.3 is 5.97 Å². The summed E-state index contributed by atoms with van der Waals surface area (Å²) in [6.45, 7) is 6.18. The molecule has 3 heteroatoms. The number of ether oxygens (including phenoxy) is 1. The predicted octanol–water partition coefficient (Wildman–Crippen LogP) is 3.48. The van der Waals surface area contributed by atoms with Crippen molar-refractivity contribution in [2.45, 2.75) is 33.1 Å². The summed E-state index contributed by atoms with van der Waals surface area (Å²) in [5.41, 5.74) is 3.44. The van der Waals surface area contributed by atoms with Gasteiger partial charge in [-0.1, -0.05) is 25.1 Å². The van der Waals surface area contributed by atoms with Crippen molar-refractivity contribution in [1.29, 1.82) is 0 Å². The molecule has 0 heterocycles. The quantitative estimate of drug-likeness (QED) is 0.594. The largest absolute Gasteiger partial charge is 0.466 e. The number of rotatable bonds is 5. The number of aryl methyl sites for hydroxylation is 1. The molecule has 0 amide bonds. The molecule has 1 aromatic carbocycles. The highest BCUT2D eigenvalue weighted by atomic mass is 35.5. The monoisotopic (exact) mass is 254 g/mol. The lowest BCUT2D eigenvalue weighted by Crippen LogP contribution is -2.17. The zero-order valence-electron chi connectivity index (χ0n) is 10.6. The Morgan fingerprint density at radius 1 is 1.47 bits per heavy atom. The van der Waals surface area contributed by atoms with Gasteiger partial charge in [0, 0.05) is 5.88 Å². The highest BCUT2D eigenvalue weighted by Gasteiger charge is 2.14. The molecule has 1 atom stereocenters. The molecule has 2 nitrogen and oxygen atoms in total. The van der Waals surface area contributed by atoms with Crippen LogP contribution in [0.1, 0.15) is 30.5 Å². The second kappa shape index (κ2) is 6.65. The first kappa shape index (κ1) is 14.0. The maximum absolute atomic E-state index is 11.5. The normalized spacial score (nSPS) is 12.2. The minimum Gasteiger partial charge on any atom is -0.466 e. The van der Waals surface area contributed by atoms with Gasteiger partial charge in [-0.05, 0) is 37.0 Å². The maximum Gasteiger partial charge on any atom is 0.308 e. The average molecular weight is 255 g/mol. The lowest BCUT2D eigenvalue weighted by atomic mass is 9.98. The maximum atomic E-state index is 11.5. The lowest BCUT2D eigenvalue weighted by Gasteiger charge is -2.12. The van der Waals surface area contributed by atoms with Gasteiger partial charge in [-0.15, -0.1) is 11.6 Å². The van der Waals surface area contributed by atoms with Crippen LogP contribution >= 0.6 is 11.6 Å². The van der Waals surface area contributed by atoms with Crippen LogP contribution in [0.3, 0.4) is 0 Å². The van der Waals surface area contributed by atoms with E-state index < -0.39 is 0 Å². The van der Waals surface area contributed by atoms with E-state index in [0.717, 1.165) is 11.1 Å². The summed E-state index contributed by atoms with van der Waals surface area (Å²) in [6, 6.07) is 6.16. The van der Waals surface area contributed by atoms with Crippen molar-refractivity contribution in [3.8, 4) is 0 Å². The summed E-state index contributed by atoms with van der Waals surface area (Å²) in [6.07, 6.45) is 0.697. The molecule has 0 aromatic heterocycles. The lowest BCUT2D eigenvalue weighted by molar-refractivity contribution is -0.147. The van der Waals surface area contributed by atoms with Crippen LogP contribution < -0.4 is 0 Å². The third-order valence-corrected chi connectivity index (χ3v) is 3.08. The zero-order chi connectivity index (χ0) is 12.8. The molecule has 0 aliphatic rings. The van der Waals surface area contributed by atoms with Crippen LogP contribution in [-0.4, -0.2) is 12.6 Å². The SMILES string of the molecule is CCOC(=O)C(C)Cc1ccc(C)c(CCl)c1. The molecule has 0 fully saturated rings. The van der Waals surface area contributed by atoms with Gasteiger partial charge in [-0.2, -0.15) is 0 Å². The number of esters is 1. The van der Waals surface area contributed by atoms with Gasteiger partial charge in [0.2, 0.25) is 0 Å². The van der Waals surface area contributed by atoms with Gasteiger partial charge in [-0.25, -0.2) is 0 Å². The van der Waals surface area contributed by atoms with E-state index in [2.05, 4.69) is 6.07 Å². The van der Waals surface area contributed by atoms with Crippen LogP contribution in [0.4, 0.5) is 0 Å². The molecule has 0 N–H and O–H groups in total. The first-order valence-corrected chi connectivity index (χ1v) is 6.43. The van der Waals surface area contributed by atoms with Crippen molar-refractivity contribution < 1.29 is 9.53 Å². The predicted molar refractivity (Wildman–Crippen MR) is 70.2 cm³/mol. The Kier molecular flexibility index (Phi) is 5.49. The average Bonchev–Trinajstić information content (AvgIpc) is 2.31. The fourth-order valence-electron chi connectivity index (χ4n) is 1.72. The van der Waals surface area contributed by atoms with Crippen molar-refractivity contribution >= 4 is 17.6 Å². The minimum absolute atomic E-state index is 0.110. The topological polar surface area (TPSA) is 26.3 Å². The third-order valence-electron chi connectivity index (χ3n) is 2.79. The smallest absolute Gasteiger partial charge is 0.308 e. The van der Waals surface area contributed by atoms with Gasteiger partial charge in [0.05, 0.1) is 12.5 Å². The fraction of sp³-hybridized carbons (Fsp3) is 0.500. The third kappa shape index (κ3) is 4.04. The molecule has 0 saturated heterocycles. The number of hydrogen-bond acceptors (Lipinski definition) is 2. The molecule has 94 valence electrons. The summed E-state index contributed by atoms with van der Waals surface area (Å²) >= 11 is 5.86. The summed E-state index contributed by atoms with van der Waals surface area (Å²) in [4.78, 5) is 11.5. The highest BCUT2D eigenvalue weighted by Crippen LogP contribution is 2.17. The Morgan fingerprint density at radius 2 is 2.18 bits per heavy atom. The second-order valence-corrected chi connectivity index (χ2v) is 4.52. The Balaban J connectivity index is 2.71. The van der Waals surface area contributed by atoms with Gasteiger partial charge < -0.3 is 4.74 Å². The fourth-order valence-corrected chi connectivity index (χ4v) is 2.01. The standard InChI is InChI=1S/C14H19ClO2/c1-4-17-14(16)11(3)7-12-6-5-10(2)13(8-12)9-15/h5-6,8,11H,4,7,9H2,1-3H3. The number of carbonyl (C=O) groups excluding carboxylic acids is 1. The number of carbonyl (C=O) groups is 1. The summed E-state index contributed by atoms with van der Waals surface area (Å²) in [7, 11) is 0. The van der Waals surface area contributed by atoms with Crippen molar-refractivity contribution in [3.63, 3.8) is 0 Å². The Labute approximate surface area is 108 Å². The molecule has 1 rings (SSSR count). The summed E-state index contributed by atoms with van der Waals surface area (Å²) < 4.78 is 4.99. The molecule has 0 radical (unpaired) electrons. The van der Waals surface area contributed by atoms with Crippen LogP contribution in [0.2, 0.25) is 0 Å². The molecule has 0 bridgehead atoms. The number of hydrogen-bond donors (Lipinski definition) is 0. The van der Waals surface area contributed by atoms with Crippen LogP contribution in [0.25, 0.3) is 0 Å². The van der Waals surface area contributed by atoms with Crippen LogP contribution in [0, 0.1) is 12.8 Å². The van der Waals surface area contributed by atoms with Gasteiger partial charge in [-0.3, -0.25) is 4.79 Å². The molecule has 0 saturated carbocycles. The Bertz CT molecular complexity index is 388. The van der Waals surface area contributed by atoms with E-state index in [-0.39, 0.29) is 11.9 Å². The van der Waals surface area contributed by atoms with E-state index in [1.54, 1.807) is 0 Å². The van der Waals surface area contributed by atoms with Crippen molar-refractivity contribution in [2.75, 3.05) is 6.61 Å². The Hall–Kier alpha value is -1.02. The molecule has 1 aromatic rings. The van der Waals surface area contributed by atoms with Gasteiger partial charge in [0.25, 0.3) is 0 Å². The van der Waals surface area contributed by atoms with E-state index in [1.165, 1.54) is 5.56 Å². The second-order valence-electron chi connectivity index (χ2n) is 4.25. The van der Waals surface area contributed by atoms with Crippen LogP contribution in [0.5, 0.6) is 0 Å². The molecule has 17 heavy (non-hydrogen) atoms. The Morgan fingerprint density at radius 3 is 2.76 bits per heavy atom. The molecule has 1 unspecified atom stereocenters. The molecule has 0 aliphatic heterocycles. The van der Waals surface area contributed by atoms with E-state index in [0.29, 0.717) is 18.9 Å². The van der Waals surface area contributed by atoms with E-state index in [9.17, 15) is 4.79 Å². The van der Waals surface area contributed by atoms with E-state index in [4.69, 9.17) is 16.3 Å². The van der Waals surface area contributed by atoms with Gasteiger partial charge in [0.1, 0.15) is 0 Å². The van der Waals surface area contributed by atoms with Crippen molar-refractivity contribution in [2.24, 2.45) is 5.92 Å². The van der Waals surface area contributed by atoms with Gasteiger partial charge in [0.15, 0.2) is 0 Å². The summed E-state index contributed by atoms with van der Waals surface area (Å²) in [5.74, 6) is 0.259. The molecular weight excluding hydrogens is 236 g/mol. The zero-order valence-corrected chi connectivity index (χ0v) is 11.4. The van der Waals surface area contributed by atoms with Crippen LogP contribution in [0.15, 0.2) is 18.2 Å². The summed E-state index contributed by atoms with van der Waals surface area (Å²) in [5, 5.41) is 0. The number of benzene rings is 1. The minimum atomic E-state index is -0.138. The highest BCUT2D eigenvalue weighted by molar-refractivity contribution is 6.17. The van der Waals surface area contributed by atoms with Crippen LogP contribution in [-0.2, 0) is 21.8 Å². The molecule has 0 spiro atoms.